The minimum Gasteiger partial charge on any atom is -0.480 e. The number of aromatic amines is 1. The van der Waals surface area contributed by atoms with Crippen molar-refractivity contribution < 1.29 is 4.74 Å². The monoisotopic (exact) mass is 507 g/mol. The summed E-state index contributed by atoms with van der Waals surface area (Å²) in [6.45, 7) is 3.84. The Morgan fingerprint density at radius 3 is 2.71 bits per heavy atom. The van der Waals surface area contributed by atoms with Crippen LogP contribution in [0.3, 0.4) is 0 Å². The van der Waals surface area contributed by atoms with Crippen molar-refractivity contribution >= 4 is 28.1 Å². The van der Waals surface area contributed by atoms with Crippen LogP contribution < -0.4 is 21.3 Å². The number of rotatable bonds is 6. The molecule has 0 aliphatic carbocycles. The largest absolute Gasteiger partial charge is 0.480 e. The number of nitrogens with two attached hydrogens (primary N) is 1. The maximum absolute atomic E-state index is 13.7. The predicted molar refractivity (Wildman–Crippen MR) is 146 cm³/mol. The van der Waals surface area contributed by atoms with Gasteiger partial charge in [0.1, 0.15) is 23.3 Å². The van der Waals surface area contributed by atoms with Crippen LogP contribution >= 0.6 is 0 Å². The number of nitrogens with zero attached hydrogens (tertiary/aromatic N) is 6. The molecule has 1 atom stereocenters. The van der Waals surface area contributed by atoms with E-state index < -0.39 is 6.04 Å². The number of aromatic nitrogens is 7. The van der Waals surface area contributed by atoms with Crippen molar-refractivity contribution in [1.29, 1.82) is 0 Å². The summed E-state index contributed by atoms with van der Waals surface area (Å²) in [5.74, 6) is 1.46. The Morgan fingerprint density at radius 2 is 1.95 bits per heavy atom. The van der Waals surface area contributed by atoms with Crippen molar-refractivity contribution in [3.63, 3.8) is 0 Å². The smallest absolute Gasteiger partial charge is 0.282 e. The van der Waals surface area contributed by atoms with Gasteiger partial charge in [-0.15, -0.1) is 0 Å². The topological polar surface area (TPSA) is 141 Å². The third-order valence-corrected chi connectivity index (χ3v) is 6.52. The fourth-order valence-corrected chi connectivity index (χ4v) is 4.70. The van der Waals surface area contributed by atoms with Gasteiger partial charge in [0.15, 0.2) is 5.82 Å². The van der Waals surface area contributed by atoms with Crippen LogP contribution in [0.1, 0.15) is 24.4 Å². The fourth-order valence-electron chi connectivity index (χ4n) is 4.70. The summed E-state index contributed by atoms with van der Waals surface area (Å²) in [7, 11) is 1.52. The van der Waals surface area contributed by atoms with Crippen LogP contribution in [0.25, 0.3) is 33.4 Å². The number of benzene rings is 1. The first-order valence-corrected chi connectivity index (χ1v) is 12.0. The van der Waals surface area contributed by atoms with Gasteiger partial charge in [0.25, 0.3) is 5.56 Å². The number of nitrogens with one attached hydrogen (secondary N) is 2. The Labute approximate surface area is 217 Å². The Kier molecular flexibility index (Phi) is 5.52. The van der Waals surface area contributed by atoms with Gasteiger partial charge in [0.2, 0.25) is 5.88 Å². The quantitative estimate of drug-likeness (QED) is 0.308. The van der Waals surface area contributed by atoms with Gasteiger partial charge in [-0.25, -0.2) is 19.5 Å². The van der Waals surface area contributed by atoms with Crippen LogP contribution in [0.2, 0.25) is 0 Å². The summed E-state index contributed by atoms with van der Waals surface area (Å²) < 4.78 is 8.48. The molecule has 0 unspecified atom stereocenters. The predicted octanol–water partition coefficient (Wildman–Crippen LogP) is 3.89. The zero-order valence-electron chi connectivity index (χ0n) is 21.0. The van der Waals surface area contributed by atoms with Gasteiger partial charge in [0.05, 0.1) is 29.9 Å². The molecule has 0 amide bonds. The molecule has 5 aromatic heterocycles. The molecule has 11 nitrogen and oxygen atoms in total. The second kappa shape index (κ2) is 9.04. The first-order valence-electron chi connectivity index (χ1n) is 12.0. The van der Waals surface area contributed by atoms with Crippen LogP contribution in [0, 0.1) is 6.92 Å². The summed E-state index contributed by atoms with van der Waals surface area (Å²) in [5.41, 5.74) is 10.8. The SMILES string of the molecule is COc1ncc(-c2c[nH]c3ncnc(N[C@@H](C)c4nn5ccc(C)c5c(=O)n4-c4ccccc4)c23)cc1N. The molecule has 1 aromatic carbocycles. The second-order valence-electron chi connectivity index (χ2n) is 8.96. The zero-order valence-corrected chi connectivity index (χ0v) is 21.0. The molecule has 190 valence electrons. The van der Waals surface area contributed by atoms with Crippen molar-refractivity contribution in [1.82, 2.24) is 34.1 Å². The minimum absolute atomic E-state index is 0.146. The van der Waals surface area contributed by atoms with E-state index in [1.54, 1.807) is 27.5 Å². The van der Waals surface area contributed by atoms with Gasteiger partial charge in [0, 0.05) is 29.7 Å². The standard InChI is InChI=1S/C27H25N9O2/c1-15-9-10-35-22(15)27(37)36(18-7-5-4-6-8-18)25(34-35)16(2)33-24-21-19(13-29-23(21)31-14-32-24)17-11-20(28)26(38-3)30-12-17/h4-14,16H,28H2,1-3H3,(H2,29,31,32,33)/t16-/m0/s1. The molecule has 0 spiro atoms. The van der Waals surface area contributed by atoms with E-state index in [0.717, 1.165) is 27.8 Å². The Balaban J connectivity index is 1.48. The van der Waals surface area contributed by atoms with Gasteiger partial charge in [-0.3, -0.25) is 9.36 Å². The fraction of sp³-hybridized carbons (Fsp3) is 0.148. The molecule has 6 rings (SSSR count). The molecule has 11 heteroatoms. The average molecular weight is 508 g/mol. The number of methoxy groups -OCH3 is 1. The number of aryl methyl sites for hydroxylation is 1. The highest BCUT2D eigenvalue weighted by Gasteiger charge is 2.22. The van der Waals surface area contributed by atoms with E-state index in [1.807, 2.05) is 56.4 Å². The highest BCUT2D eigenvalue weighted by atomic mass is 16.5. The van der Waals surface area contributed by atoms with E-state index in [-0.39, 0.29) is 5.56 Å². The van der Waals surface area contributed by atoms with E-state index in [2.05, 4.69) is 25.3 Å². The Bertz CT molecular complexity index is 1850. The molecular formula is C27H25N9O2. The van der Waals surface area contributed by atoms with Crippen molar-refractivity contribution in [2.75, 3.05) is 18.2 Å². The van der Waals surface area contributed by atoms with Crippen LogP contribution in [0.5, 0.6) is 5.88 Å². The highest BCUT2D eigenvalue weighted by molar-refractivity contribution is 6.01. The summed E-state index contributed by atoms with van der Waals surface area (Å²) in [4.78, 5) is 30.1. The molecular weight excluding hydrogens is 482 g/mol. The van der Waals surface area contributed by atoms with Gasteiger partial charge in [-0.2, -0.15) is 5.10 Å². The molecule has 5 heterocycles. The van der Waals surface area contributed by atoms with Crippen LogP contribution in [0.4, 0.5) is 11.5 Å². The molecule has 0 aliphatic heterocycles. The number of para-hydroxylation sites is 1. The lowest BCUT2D eigenvalue weighted by molar-refractivity contribution is 0.400. The normalized spacial score (nSPS) is 12.2. The number of anilines is 2. The minimum atomic E-state index is -0.407. The summed E-state index contributed by atoms with van der Waals surface area (Å²) in [6, 6.07) is 12.8. The summed E-state index contributed by atoms with van der Waals surface area (Å²) in [6.07, 6.45) is 6.81. The molecule has 0 bridgehead atoms. The van der Waals surface area contributed by atoms with Crippen molar-refractivity contribution in [2.24, 2.45) is 0 Å². The maximum atomic E-state index is 13.7. The van der Waals surface area contributed by atoms with Crippen molar-refractivity contribution in [3.05, 3.63) is 89.1 Å². The van der Waals surface area contributed by atoms with E-state index >= 15 is 0 Å². The molecule has 0 saturated heterocycles. The van der Waals surface area contributed by atoms with E-state index in [4.69, 9.17) is 15.6 Å². The first kappa shape index (κ1) is 23.2. The number of pyridine rings is 1. The number of fused-ring (bicyclic) bond motifs is 2. The van der Waals surface area contributed by atoms with E-state index in [9.17, 15) is 4.79 Å². The van der Waals surface area contributed by atoms with Crippen LogP contribution in [-0.4, -0.2) is 41.2 Å². The maximum Gasteiger partial charge on any atom is 0.282 e. The molecule has 4 N–H and O–H groups in total. The number of nitrogen functional groups attached to an aromatic ring is 1. The molecule has 0 fully saturated rings. The van der Waals surface area contributed by atoms with E-state index in [0.29, 0.717) is 34.4 Å². The third kappa shape index (κ3) is 3.72. The second-order valence-corrected chi connectivity index (χ2v) is 8.96. The Morgan fingerprint density at radius 1 is 1.13 bits per heavy atom. The average Bonchev–Trinajstić information content (AvgIpc) is 3.53. The van der Waals surface area contributed by atoms with E-state index in [1.165, 1.54) is 13.4 Å². The van der Waals surface area contributed by atoms with Crippen LogP contribution in [0.15, 0.2) is 72.2 Å². The molecule has 0 aliphatic rings. The molecule has 38 heavy (non-hydrogen) atoms. The van der Waals surface area contributed by atoms with Gasteiger partial charge in [-0.1, -0.05) is 18.2 Å². The number of H-pyrrole nitrogens is 1. The van der Waals surface area contributed by atoms with Crippen LogP contribution in [-0.2, 0) is 0 Å². The number of ether oxygens (including phenoxy) is 1. The summed E-state index contributed by atoms with van der Waals surface area (Å²) >= 11 is 0. The first-order chi connectivity index (χ1) is 18.5. The zero-order chi connectivity index (χ0) is 26.4. The number of hydrogen-bond acceptors (Lipinski definition) is 8. The van der Waals surface area contributed by atoms with Crippen molar-refractivity contribution in [2.45, 2.75) is 19.9 Å². The van der Waals surface area contributed by atoms with Gasteiger partial charge >= 0.3 is 0 Å². The molecule has 6 aromatic rings. The van der Waals surface area contributed by atoms with Crippen molar-refractivity contribution in [3.8, 4) is 22.7 Å². The molecule has 0 saturated carbocycles. The lowest BCUT2D eigenvalue weighted by atomic mass is 10.1. The third-order valence-electron chi connectivity index (χ3n) is 6.52. The Hall–Kier alpha value is -5.19. The van der Waals surface area contributed by atoms with Gasteiger partial charge in [-0.05, 0) is 43.7 Å². The van der Waals surface area contributed by atoms with Gasteiger partial charge < -0.3 is 20.8 Å². The number of hydrogen-bond donors (Lipinski definition) is 3. The lowest BCUT2D eigenvalue weighted by Gasteiger charge is -2.20. The lowest BCUT2D eigenvalue weighted by Crippen LogP contribution is -2.29. The summed E-state index contributed by atoms with van der Waals surface area (Å²) in [5, 5.41) is 9.06. The molecule has 0 radical (unpaired) electrons. The highest BCUT2D eigenvalue weighted by Crippen LogP contribution is 2.35.